The van der Waals surface area contributed by atoms with E-state index >= 15 is 0 Å². The molecular weight excluding hydrogens is 689 g/mol. The van der Waals surface area contributed by atoms with E-state index in [0.29, 0.717) is 50.3 Å². The quantitative estimate of drug-likeness (QED) is 0.217. The molecule has 276 valence electrons. The van der Waals surface area contributed by atoms with E-state index in [4.69, 9.17) is 21.5 Å². The largest absolute Gasteiger partial charge is 0.490 e. The van der Waals surface area contributed by atoms with Crippen molar-refractivity contribution in [3.05, 3.63) is 70.5 Å². The lowest BCUT2D eigenvalue weighted by Gasteiger charge is -2.45. The number of alkyl halides is 4. The molecule has 2 fully saturated rings. The number of hydrogen-bond acceptors (Lipinski definition) is 6. The van der Waals surface area contributed by atoms with Crippen molar-refractivity contribution in [3.8, 4) is 0 Å². The van der Waals surface area contributed by atoms with E-state index in [2.05, 4.69) is 20.9 Å². The first-order chi connectivity index (χ1) is 23.6. The Kier molecular flexibility index (Phi) is 15.0. The highest BCUT2D eigenvalue weighted by molar-refractivity contribution is 6.30. The Labute approximate surface area is 292 Å². The van der Waals surface area contributed by atoms with E-state index in [1.165, 1.54) is 12.1 Å². The molecular formula is C34H43ClF5N5O5. The Morgan fingerprint density at radius 1 is 1.00 bits per heavy atom. The molecule has 2 aromatic carbocycles. The number of rotatable bonds is 14. The number of nitrogens with zero attached hydrogens (tertiary/aromatic N) is 2. The van der Waals surface area contributed by atoms with Crippen molar-refractivity contribution in [3.63, 3.8) is 0 Å². The van der Waals surface area contributed by atoms with Gasteiger partial charge in [-0.15, -0.1) is 0 Å². The van der Waals surface area contributed by atoms with Crippen LogP contribution in [0.25, 0.3) is 0 Å². The van der Waals surface area contributed by atoms with Crippen LogP contribution in [0, 0.1) is 5.82 Å². The third kappa shape index (κ3) is 11.6. The molecule has 16 heteroatoms. The minimum atomic E-state index is -5.08. The van der Waals surface area contributed by atoms with Crippen molar-refractivity contribution >= 4 is 35.3 Å². The van der Waals surface area contributed by atoms with Gasteiger partial charge in [-0.1, -0.05) is 49.2 Å². The number of nitrogens with one attached hydrogen (secondary N) is 3. The average molecular weight is 732 g/mol. The fraction of sp³-hybridized carbons (Fsp3) is 0.529. The number of hydrogen-bond donors (Lipinski definition) is 4. The molecule has 1 heterocycles. The number of benzene rings is 2. The van der Waals surface area contributed by atoms with Gasteiger partial charge in [-0.2, -0.15) is 13.2 Å². The molecule has 1 aliphatic carbocycles. The van der Waals surface area contributed by atoms with Crippen LogP contribution in [0.2, 0.25) is 5.02 Å². The summed E-state index contributed by atoms with van der Waals surface area (Å²) >= 11 is 6.06. The molecule has 4 N–H and O–H groups in total. The maximum Gasteiger partial charge on any atom is 0.490 e. The first-order valence-electron chi connectivity index (χ1n) is 16.3. The molecule has 0 bridgehead atoms. The van der Waals surface area contributed by atoms with Gasteiger partial charge in [0, 0.05) is 43.7 Å². The van der Waals surface area contributed by atoms with Gasteiger partial charge in [-0.3, -0.25) is 19.3 Å². The number of piperazine rings is 1. The highest BCUT2D eigenvalue weighted by atomic mass is 35.5. The van der Waals surface area contributed by atoms with Crippen LogP contribution in [0.1, 0.15) is 43.7 Å². The van der Waals surface area contributed by atoms with Crippen molar-refractivity contribution in [2.45, 2.75) is 75.3 Å². The molecule has 3 amide bonds. The van der Waals surface area contributed by atoms with E-state index < -0.39 is 36.4 Å². The lowest BCUT2D eigenvalue weighted by atomic mass is 9.98. The molecule has 3 unspecified atom stereocenters. The van der Waals surface area contributed by atoms with Gasteiger partial charge in [0.15, 0.2) is 0 Å². The summed E-state index contributed by atoms with van der Waals surface area (Å²) in [4.78, 5) is 53.4. The summed E-state index contributed by atoms with van der Waals surface area (Å²) in [6.07, 6.45) is -1.52. The predicted octanol–water partition coefficient (Wildman–Crippen LogP) is 3.90. The van der Waals surface area contributed by atoms with E-state index in [0.717, 1.165) is 17.5 Å². The molecule has 4 rings (SSSR count). The van der Waals surface area contributed by atoms with Crippen LogP contribution < -0.4 is 16.0 Å². The topological polar surface area (TPSA) is 131 Å². The summed E-state index contributed by atoms with van der Waals surface area (Å²) in [6.45, 7) is 2.58. The lowest BCUT2D eigenvalue weighted by Crippen LogP contribution is -2.63. The summed E-state index contributed by atoms with van der Waals surface area (Å²) in [5.74, 6) is -3.79. The minimum absolute atomic E-state index is 0.0638. The molecule has 2 aromatic rings. The smallest absolute Gasteiger partial charge is 0.475 e. The highest BCUT2D eigenvalue weighted by Gasteiger charge is 2.50. The van der Waals surface area contributed by atoms with Crippen molar-refractivity contribution < 1.29 is 46.2 Å². The Bertz CT molecular complexity index is 1440. The van der Waals surface area contributed by atoms with Crippen LogP contribution in [0.15, 0.2) is 48.5 Å². The van der Waals surface area contributed by atoms with Crippen molar-refractivity contribution in [2.75, 3.05) is 39.9 Å². The zero-order chi connectivity index (χ0) is 37.1. The summed E-state index contributed by atoms with van der Waals surface area (Å²) in [5.41, 5.74) is 1.01. The Balaban J connectivity index is 0.000000872. The number of aliphatic carboxylic acids is 1. The fourth-order valence-electron chi connectivity index (χ4n) is 5.82. The number of amides is 3. The van der Waals surface area contributed by atoms with Crippen molar-refractivity contribution in [2.24, 2.45) is 0 Å². The SMILES string of the molecule is CCCC1CN(C(Cc2ccc(Cl)cc2)C(=O)NCCF)CCN1C(=O)C(Cc1ccc(F)cc1)NC(=O)C1(NC)CC1.O=C(O)C(F)(F)F. The Hall–Kier alpha value is -3.82. The first-order valence-corrected chi connectivity index (χ1v) is 16.7. The predicted molar refractivity (Wildman–Crippen MR) is 177 cm³/mol. The Morgan fingerprint density at radius 3 is 2.10 bits per heavy atom. The van der Waals surface area contributed by atoms with Gasteiger partial charge in [-0.25, -0.2) is 13.6 Å². The number of carboxylic acids is 1. The second-order valence-electron chi connectivity index (χ2n) is 12.3. The molecule has 0 radical (unpaired) electrons. The molecule has 10 nitrogen and oxygen atoms in total. The number of halogens is 6. The second-order valence-corrected chi connectivity index (χ2v) is 12.7. The van der Waals surface area contributed by atoms with Crippen LogP contribution >= 0.6 is 11.6 Å². The number of carbonyl (C=O) groups is 4. The molecule has 2 aliphatic rings. The molecule has 50 heavy (non-hydrogen) atoms. The maximum absolute atomic E-state index is 14.2. The zero-order valence-corrected chi connectivity index (χ0v) is 28.6. The molecule has 0 aromatic heterocycles. The maximum atomic E-state index is 14.2. The molecule has 1 saturated heterocycles. The zero-order valence-electron chi connectivity index (χ0n) is 27.9. The van der Waals surface area contributed by atoms with Gasteiger partial charge in [0.05, 0.1) is 11.6 Å². The van der Waals surface area contributed by atoms with E-state index in [9.17, 15) is 36.3 Å². The summed E-state index contributed by atoms with van der Waals surface area (Å²) in [6, 6.07) is 11.7. The van der Waals surface area contributed by atoms with Gasteiger partial charge in [0.1, 0.15) is 18.5 Å². The van der Waals surface area contributed by atoms with Crippen LogP contribution in [0.5, 0.6) is 0 Å². The summed E-state index contributed by atoms with van der Waals surface area (Å²) in [7, 11) is 1.74. The number of carbonyl (C=O) groups excluding carboxylic acids is 3. The van der Waals surface area contributed by atoms with Crippen LogP contribution in [0.3, 0.4) is 0 Å². The number of likely N-dealkylation sites (N-methyl/N-ethyl adjacent to an activating group) is 1. The molecule has 1 saturated carbocycles. The minimum Gasteiger partial charge on any atom is -0.475 e. The molecule has 3 atom stereocenters. The second kappa shape index (κ2) is 18.4. The van der Waals surface area contributed by atoms with Crippen molar-refractivity contribution in [1.82, 2.24) is 25.8 Å². The average Bonchev–Trinajstić information content (AvgIpc) is 3.89. The van der Waals surface area contributed by atoms with E-state index in [1.54, 1.807) is 31.3 Å². The van der Waals surface area contributed by atoms with Gasteiger partial charge in [-0.05, 0) is 68.1 Å². The van der Waals surface area contributed by atoms with Gasteiger partial charge < -0.3 is 26.0 Å². The molecule has 1 aliphatic heterocycles. The normalized spacial score (nSPS) is 18.2. The highest BCUT2D eigenvalue weighted by Crippen LogP contribution is 2.35. The number of carboxylic acid groups (broad SMARTS) is 1. The van der Waals surface area contributed by atoms with Gasteiger partial charge in [0.25, 0.3) is 0 Å². The fourth-order valence-corrected chi connectivity index (χ4v) is 5.95. The van der Waals surface area contributed by atoms with Crippen LogP contribution in [0.4, 0.5) is 22.0 Å². The monoisotopic (exact) mass is 731 g/mol. The van der Waals surface area contributed by atoms with Gasteiger partial charge >= 0.3 is 12.1 Å². The Morgan fingerprint density at radius 2 is 1.58 bits per heavy atom. The standard InChI is InChI=1S/C32H42ClF2N5O3.C2HF3O2/c1-3-4-26-21-39(28(29(41)37-16-15-34)20-23-5-9-24(33)10-6-23)17-18-40(26)30(42)27(19-22-7-11-25(35)12-8-22)38-31(43)32(36-2)13-14-32;3-2(4,5)1(6)7/h5-12,26-28,36H,3-4,13-21H2,1-2H3,(H,37,41)(H,38,43);(H,6,7). The van der Waals surface area contributed by atoms with Gasteiger partial charge in [0.2, 0.25) is 17.7 Å². The summed E-state index contributed by atoms with van der Waals surface area (Å²) < 4.78 is 58.3. The third-order valence-corrected chi connectivity index (χ3v) is 9.01. The van der Waals surface area contributed by atoms with Crippen LogP contribution in [-0.2, 0) is 32.0 Å². The summed E-state index contributed by atoms with van der Waals surface area (Å²) in [5, 5.41) is 16.5. The first kappa shape index (κ1) is 40.6. The molecule has 0 spiro atoms. The lowest BCUT2D eigenvalue weighted by molar-refractivity contribution is -0.192. The third-order valence-electron chi connectivity index (χ3n) is 8.76. The van der Waals surface area contributed by atoms with Crippen LogP contribution in [-0.4, -0.2) is 108 Å². The van der Waals surface area contributed by atoms with Crippen molar-refractivity contribution in [1.29, 1.82) is 0 Å². The van der Waals surface area contributed by atoms with E-state index in [-0.39, 0.29) is 42.5 Å². The van der Waals surface area contributed by atoms with E-state index in [1.807, 2.05) is 24.0 Å².